The highest BCUT2D eigenvalue weighted by atomic mass is 32.2. The fourth-order valence-electron chi connectivity index (χ4n) is 2.50. The van der Waals surface area contributed by atoms with Crippen LogP contribution < -0.4 is 14.8 Å². The average Bonchev–Trinajstić information content (AvgIpc) is 3.26. The molecule has 140 valence electrons. The van der Waals surface area contributed by atoms with Crippen LogP contribution in [0.3, 0.4) is 0 Å². The molecule has 8 nitrogen and oxygen atoms in total. The fraction of sp³-hybridized carbons (Fsp3) is 0.353. The highest BCUT2D eigenvalue weighted by Crippen LogP contribution is 2.32. The Labute approximate surface area is 151 Å². The van der Waals surface area contributed by atoms with Crippen molar-refractivity contribution in [3.63, 3.8) is 0 Å². The van der Waals surface area contributed by atoms with Crippen molar-refractivity contribution in [2.45, 2.75) is 19.5 Å². The number of nitrogens with one attached hydrogen (secondary N) is 1. The molecule has 0 fully saturated rings. The first-order valence-electron chi connectivity index (χ1n) is 8.04. The van der Waals surface area contributed by atoms with E-state index in [2.05, 4.69) is 5.32 Å². The van der Waals surface area contributed by atoms with Gasteiger partial charge in [-0.2, -0.15) is 4.31 Å². The molecule has 9 heteroatoms. The Morgan fingerprint density at radius 2 is 2.04 bits per heavy atom. The van der Waals surface area contributed by atoms with Crippen LogP contribution in [0.4, 0.5) is 0 Å². The van der Waals surface area contributed by atoms with Crippen molar-refractivity contribution in [1.82, 2.24) is 9.62 Å². The molecule has 0 saturated heterocycles. The highest BCUT2D eigenvalue weighted by molar-refractivity contribution is 7.88. The van der Waals surface area contributed by atoms with Gasteiger partial charge in [0.05, 0.1) is 19.1 Å². The van der Waals surface area contributed by atoms with E-state index in [-0.39, 0.29) is 32.2 Å². The van der Waals surface area contributed by atoms with Crippen LogP contribution in [0.1, 0.15) is 17.7 Å². The number of carbonyl (C=O) groups excluding carboxylic acids is 1. The van der Waals surface area contributed by atoms with Gasteiger partial charge in [-0.3, -0.25) is 4.79 Å². The van der Waals surface area contributed by atoms with E-state index in [9.17, 15) is 13.2 Å². The lowest BCUT2D eigenvalue weighted by Crippen LogP contribution is -2.34. The minimum atomic E-state index is -3.45. The first-order valence-corrected chi connectivity index (χ1v) is 9.89. The van der Waals surface area contributed by atoms with E-state index in [0.29, 0.717) is 23.8 Å². The average molecular weight is 380 g/mol. The maximum absolute atomic E-state index is 12.1. The van der Waals surface area contributed by atoms with E-state index in [1.807, 2.05) is 12.1 Å². The van der Waals surface area contributed by atoms with E-state index in [0.717, 1.165) is 11.8 Å². The van der Waals surface area contributed by atoms with Crippen molar-refractivity contribution in [2.75, 3.05) is 19.6 Å². The second-order valence-corrected chi connectivity index (χ2v) is 7.87. The van der Waals surface area contributed by atoms with Crippen LogP contribution in [-0.2, 0) is 27.9 Å². The Bertz CT molecular complexity index is 863. The molecule has 1 aliphatic heterocycles. The molecule has 1 aromatic carbocycles. The lowest BCUT2D eigenvalue weighted by atomic mass is 10.2. The van der Waals surface area contributed by atoms with E-state index >= 15 is 0 Å². The zero-order chi connectivity index (χ0) is 18.6. The number of rotatable bonds is 8. The minimum Gasteiger partial charge on any atom is -0.468 e. The van der Waals surface area contributed by atoms with Crippen LogP contribution in [0.15, 0.2) is 41.0 Å². The molecule has 0 saturated carbocycles. The van der Waals surface area contributed by atoms with Gasteiger partial charge in [0, 0.05) is 19.5 Å². The monoisotopic (exact) mass is 380 g/mol. The van der Waals surface area contributed by atoms with E-state index < -0.39 is 10.0 Å². The molecule has 1 aromatic heterocycles. The Balaban J connectivity index is 1.50. The summed E-state index contributed by atoms with van der Waals surface area (Å²) in [5.41, 5.74) is 0.873. The third kappa shape index (κ3) is 4.77. The van der Waals surface area contributed by atoms with Gasteiger partial charge >= 0.3 is 0 Å². The van der Waals surface area contributed by atoms with Crippen molar-refractivity contribution in [1.29, 1.82) is 0 Å². The molecule has 0 bridgehead atoms. The summed E-state index contributed by atoms with van der Waals surface area (Å²) in [4.78, 5) is 12.1. The van der Waals surface area contributed by atoms with Gasteiger partial charge in [0.2, 0.25) is 22.7 Å². The van der Waals surface area contributed by atoms with Crippen molar-refractivity contribution >= 4 is 15.9 Å². The summed E-state index contributed by atoms with van der Waals surface area (Å²) in [6.45, 7) is 0.697. The number of amides is 1. The third-order valence-electron chi connectivity index (χ3n) is 3.90. The van der Waals surface area contributed by atoms with E-state index in [4.69, 9.17) is 13.9 Å². The van der Waals surface area contributed by atoms with Gasteiger partial charge in [-0.15, -0.1) is 0 Å². The van der Waals surface area contributed by atoms with Gasteiger partial charge in [-0.05, 0) is 29.8 Å². The number of sulfonamides is 1. The molecule has 26 heavy (non-hydrogen) atoms. The highest BCUT2D eigenvalue weighted by Gasteiger charge is 2.19. The first-order chi connectivity index (χ1) is 12.4. The molecule has 1 aliphatic rings. The quantitative estimate of drug-likeness (QED) is 0.745. The first kappa shape index (κ1) is 18.3. The number of hydrogen-bond acceptors (Lipinski definition) is 6. The van der Waals surface area contributed by atoms with Crippen LogP contribution in [0.2, 0.25) is 0 Å². The lowest BCUT2D eigenvalue weighted by Gasteiger charge is -2.18. The van der Waals surface area contributed by atoms with Gasteiger partial charge in [-0.1, -0.05) is 6.07 Å². The number of nitrogens with zero attached hydrogens (tertiary/aromatic N) is 1. The van der Waals surface area contributed by atoms with E-state index in [1.54, 1.807) is 18.2 Å². The van der Waals surface area contributed by atoms with Crippen LogP contribution in [-0.4, -0.2) is 38.2 Å². The molecule has 0 unspecified atom stereocenters. The zero-order valence-corrected chi connectivity index (χ0v) is 15.1. The molecule has 0 radical (unpaired) electrons. The standard InChI is InChI=1S/C17H20N2O6S/c1-26(21,22)19(11-14-3-2-8-23-14)7-6-17(20)18-10-13-4-5-15-16(9-13)25-12-24-15/h2-5,8-9H,6-7,10-12H2,1H3,(H,18,20). The summed E-state index contributed by atoms with van der Waals surface area (Å²) < 4.78 is 40.7. The largest absolute Gasteiger partial charge is 0.468 e. The minimum absolute atomic E-state index is 0.0539. The molecule has 1 N–H and O–H groups in total. The molecular weight excluding hydrogens is 360 g/mol. The smallest absolute Gasteiger partial charge is 0.231 e. The summed E-state index contributed by atoms with van der Waals surface area (Å²) in [6.07, 6.45) is 2.65. The van der Waals surface area contributed by atoms with Gasteiger partial charge in [0.15, 0.2) is 11.5 Å². The topological polar surface area (TPSA) is 98.1 Å². The Morgan fingerprint density at radius 3 is 2.77 bits per heavy atom. The number of carbonyl (C=O) groups is 1. The van der Waals surface area contributed by atoms with Crippen molar-refractivity contribution in [3.8, 4) is 11.5 Å². The van der Waals surface area contributed by atoms with Crippen molar-refractivity contribution < 1.29 is 27.1 Å². The predicted molar refractivity (Wildman–Crippen MR) is 93.0 cm³/mol. The number of benzene rings is 1. The Hall–Kier alpha value is -2.52. The van der Waals surface area contributed by atoms with Crippen molar-refractivity contribution in [3.05, 3.63) is 47.9 Å². The fourth-order valence-corrected chi connectivity index (χ4v) is 3.29. The van der Waals surface area contributed by atoms with Crippen molar-refractivity contribution in [2.24, 2.45) is 0 Å². The summed E-state index contributed by atoms with van der Waals surface area (Å²) in [7, 11) is -3.45. The molecule has 0 aliphatic carbocycles. The van der Waals surface area contributed by atoms with Crippen LogP contribution >= 0.6 is 0 Å². The molecule has 0 atom stereocenters. The number of hydrogen-bond donors (Lipinski definition) is 1. The van der Waals surface area contributed by atoms with Crippen LogP contribution in [0.25, 0.3) is 0 Å². The molecule has 2 aromatic rings. The molecule has 2 heterocycles. The lowest BCUT2D eigenvalue weighted by molar-refractivity contribution is -0.121. The Kier molecular flexibility index (Phi) is 5.48. The number of furan rings is 1. The molecule has 0 spiro atoms. The maximum Gasteiger partial charge on any atom is 0.231 e. The second-order valence-electron chi connectivity index (χ2n) is 5.89. The van der Waals surface area contributed by atoms with Gasteiger partial charge in [0.1, 0.15) is 5.76 Å². The Morgan fingerprint density at radius 1 is 1.23 bits per heavy atom. The SMILES string of the molecule is CS(=O)(=O)N(CCC(=O)NCc1ccc2c(c1)OCO2)Cc1ccco1. The van der Waals surface area contributed by atoms with Gasteiger partial charge < -0.3 is 19.2 Å². The predicted octanol–water partition coefficient (Wildman–Crippen LogP) is 1.48. The maximum atomic E-state index is 12.1. The zero-order valence-electron chi connectivity index (χ0n) is 14.3. The molecule has 1 amide bonds. The second kappa shape index (κ2) is 7.79. The number of fused-ring (bicyclic) bond motifs is 1. The summed E-state index contributed by atoms with van der Waals surface area (Å²) in [5.74, 6) is 1.62. The van der Waals surface area contributed by atoms with E-state index in [1.165, 1.54) is 10.6 Å². The number of ether oxygens (including phenoxy) is 2. The van der Waals surface area contributed by atoms with Crippen LogP contribution in [0.5, 0.6) is 11.5 Å². The summed E-state index contributed by atoms with van der Waals surface area (Å²) >= 11 is 0. The van der Waals surface area contributed by atoms with Crippen LogP contribution in [0, 0.1) is 0 Å². The molecule has 3 rings (SSSR count). The summed E-state index contributed by atoms with van der Waals surface area (Å²) in [6, 6.07) is 8.82. The third-order valence-corrected chi connectivity index (χ3v) is 5.15. The van der Waals surface area contributed by atoms with Gasteiger partial charge in [0.25, 0.3) is 0 Å². The normalized spacial score (nSPS) is 13.2. The molecular formula is C17H20N2O6S. The van der Waals surface area contributed by atoms with Gasteiger partial charge in [-0.25, -0.2) is 8.42 Å². The summed E-state index contributed by atoms with van der Waals surface area (Å²) in [5, 5.41) is 2.78.